The highest BCUT2D eigenvalue weighted by Crippen LogP contribution is 1.68. The van der Waals surface area contributed by atoms with Crippen LogP contribution in [0.25, 0.3) is 0 Å². The Bertz CT molecular complexity index is 95.6. The lowest BCUT2D eigenvalue weighted by atomic mass is 10.5. The van der Waals surface area contributed by atoms with Crippen LogP contribution in [0.4, 0.5) is 0 Å². The second-order valence-electron chi connectivity index (χ2n) is 0.729. The first kappa shape index (κ1) is 9.70. The molecule has 0 amide bonds. The highest BCUT2D eigenvalue weighted by atomic mass is 27.0. The molecule has 0 atom stereocenters. The van der Waals surface area contributed by atoms with E-state index in [0.29, 0.717) is 0 Å². The molecule has 0 aromatic heterocycles. The predicted molar refractivity (Wildman–Crippen MR) is 27.8 cm³/mol. The number of aliphatic carboxylic acids is 1. The van der Waals surface area contributed by atoms with E-state index in [1.807, 2.05) is 0 Å². The minimum absolute atomic E-state index is 0. The molecule has 1 N–H and O–H groups in total. The molecule has 0 rings (SSSR count). The maximum absolute atomic E-state index is 9.38. The maximum Gasteiger partial charge on any atom is 0.317 e. The summed E-state index contributed by atoms with van der Waals surface area (Å²) >= 11 is 0. The smallest absolute Gasteiger partial charge is 0.317 e. The molecular weight excluding hydrogens is 109 g/mol. The first-order chi connectivity index (χ1) is 2.77. The monoisotopic (exact) mass is 115 g/mol. The Morgan fingerprint density at radius 2 is 2.29 bits per heavy atom. The molecule has 0 saturated carbocycles. The molecule has 0 saturated heterocycles. The summed E-state index contributed by atoms with van der Waals surface area (Å²) in [6.45, 7) is 0. The number of carbonyl (C=O) groups is 1. The van der Waals surface area contributed by atoms with Crippen LogP contribution in [-0.2, 0) is 4.79 Å². The lowest BCUT2D eigenvalue weighted by molar-refractivity contribution is -0.135. The second-order valence-corrected chi connectivity index (χ2v) is 0.729. The number of nitriles is 1. The van der Waals surface area contributed by atoms with Crippen molar-refractivity contribution in [3.63, 3.8) is 0 Å². The third kappa shape index (κ3) is 10.8. The average molecular weight is 115 g/mol. The summed E-state index contributed by atoms with van der Waals surface area (Å²) in [6.07, 6.45) is -0.403. The molecule has 0 spiro atoms. The molecule has 4 heteroatoms. The average Bonchev–Trinajstić information content (AvgIpc) is 1.35. The van der Waals surface area contributed by atoms with Gasteiger partial charge in [-0.25, -0.2) is 0 Å². The Labute approximate surface area is 51.7 Å². The molecule has 3 nitrogen and oxygen atoms in total. The standard InChI is InChI=1S/C3H3NO2.Al.3H/c4-2-1-3(5)6;;;;/h1H2,(H,5,6);;;;. The fourth-order valence-electron chi connectivity index (χ4n) is 0.0676. The Morgan fingerprint density at radius 3 is 2.29 bits per heavy atom. The largest absolute Gasteiger partial charge is 0.480 e. The molecule has 0 aliphatic rings. The van der Waals surface area contributed by atoms with Crippen molar-refractivity contribution in [2.75, 3.05) is 0 Å². The van der Waals surface area contributed by atoms with Gasteiger partial charge in [-0.1, -0.05) is 0 Å². The topological polar surface area (TPSA) is 61.1 Å². The number of hydrogen-bond acceptors (Lipinski definition) is 2. The number of carboxylic acids is 1. The van der Waals surface area contributed by atoms with Gasteiger partial charge in [-0.3, -0.25) is 4.79 Å². The van der Waals surface area contributed by atoms with E-state index in [2.05, 4.69) is 0 Å². The summed E-state index contributed by atoms with van der Waals surface area (Å²) in [6, 6.07) is 1.47. The molecule has 0 aromatic rings. The van der Waals surface area contributed by atoms with E-state index in [0.717, 1.165) is 0 Å². The van der Waals surface area contributed by atoms with Crippen molar-refractivity contribution in [1.29, 1.82) is 5.26 Å². The van der Waals surface area contributed by atoms with Gasteiger partial charge >= 0.3 is 5.97 Å². The zero-order valence-corrected chi connectivity index (χ0v) is 3.01. The molecule has 0 fully saturated rings. The lowest BCUT2D eigenvalue weighted by Gasteiger charge is -1.70. The summed E-state index contributed by atoms with van der Waals surface area (Å²) < 4.78 is 0. The summed E-state index contributed by atoms with van der Waals surface area (Å²) in [7, 11) is 0. The quantitative estimate of drug-likeness (QED) is 0.436. The van der Waals surface area contributed by atoms with E-state index in [1.165, 1.54) is 6.07 Å². The van der Waals surface area contributed by atoms with E-state index < -0.39 is 12.4 Å². The number of hydrogen-bond donors (Lipinski definition) is 1. The third-order valence-electron chi connectivity index (χ3n) is 0.230. The lowest BCUT2D eigenvalue weighted by Crippen LogP contribution is -1.88. The fourth-order valence-corrected chi connectivity index (χ4v) is 0.0676. The van der Waals surface area contributed by atoms with E-state index in [9.17, 15) is 4.79 Å². The third-order valence-corrected chi connectivity index (χ3v) is 0.230. The van der Waals surface area contributed by atoms with Crippen LogP contribution in [0.5, 0.6) is 0 Å². The summed E-state index contributed by atoms with van der Waals surface area (Å²) in [5.74, 6) is -1.07. The van der Waals surface area contributed by atoms with Crippen molar-refractivity contribution in [1.82, 2.24) is 0 Å². The van der Waals surface area contributed by atoms with Gasteiger partial charge < -0.3 is 5.11 Å². The van der Waals surface area contributed by atoms with Crippen LogP contribution >= 0.6 is 0 Å². The molecule has 0 radical (unpaired) electrons. The zero-order valence-electron chi connectivity index (χ0n) is 3.01. The molecule has 0 bridgehead atoms. The molecule has 0 heterocycles. The van der Waals surface area contributed by atoms with Crippen molar-refractivity contribution in [2.45, 2.75) is 6.42 Å². The van der Waals surface area contributed by atoms with Crippen LogP contribution < -0.4 is 0 Å². The number of nitrogens with zero attached hydrogens (tertiary/aromatic N) is 1. The van der Waals surface area contributed by atoms with E-state index in [-0.39, 0.29) is 17.4 Å². The van der Waals surface area contributed by atoms with Crippen molar-refractivity contribution in [3.05, 3.63) is 0 Å². The summed E-state index contributed by atoms with van der Waals surface area (Å²) in [5, 5.41) is 15.3. The molecule has 38 valence electrons. The first-order valence-electron chi connectivity index (χ1n) is 1.36. The second kappa shape index (κ2) is 5.49. The molecular formula is C3H6AlNO2. The van der Waals surface area contributed by atoms with Crippen molar-refractivity contribution in [2.24, 2.45) is 0 Å². The Hall–Kier alpha value is -0.508. The molecule has 0 aromatic carbocycles. The minimum atomic E-state index is -1.07. The van der Waals surface area contributed by atoms with Gasteiger partial charge in [0.05, 0.1) is 6.07 Å². The number of rotatable bonds is 1. The molecule has 0 aliphatic heterocycles. The first-order valence-corrected chi connectivity index (χ1v) is 1.36. The Morgan fingerprint density at radius 1 is 1.86 bits per heavy atom. The highest BCUT2D eigenvalue weighted by molar-refractivity contribution is 5.75. The van der Waals surface area contributed by atoms with Crippen LogP contribution in [0.15, 0.2) is 0 Å². The Balaban J connectivity index is 0. The van der Waals surface area contributed by atoms with Crippen LogP contribution in [0.2, 0.25) is 0 Å². The van der Waals surface area contributed by atoms with Gasteiger partial charge in [0.2, 0.25) is 0 Å². The SMILES string of the molecule is N#CCC(=O)O.[AlH3]. The van der Waals surface area contributed by atoms with Gasteiger partial charge in [0.1, 0.15) is 6.42 Å². The predicted octanol–water partition coefficient (Wildman–Crippen LogP) is -1.20. The van der Waals surface area contributed by atoms with Gasteiger partial charge in [0.25, 0.3) is 0 Å². The Kier molecular flexibility index (Phi) is 7.61. The van der Waals surface area contributed by atoms with Gasteiger partial charge in [-0.2, -0.15) is 5.26 Å². The van der Waals surface area contributed by atoms with E-state index in [4.69, 9.17) is 10.4 Å². The van der Waals surface area contributed by atoms with Gasteiger partial charge in [0.15, 0.2) is 17.4 Å². The van der Waals surface area contributed by atoms with Crippen LogP contribution in [0.3, 0.4) is 0 Å². The van der Waals surface area contributed by atoms with Crippen molar-refractivity contribution in [3.8, 4) is 6.07 Å². The van der Waals surface area contributed by atoms with Crippen LogP contribution in [0.1, 0.15) is 6.42 Å². The fraction of sp³-hybridized carbons (Fsp3) is 0.333. The van der Waals surface area contributed by atoms with E-state index in [1.54, 1.807) is 0 Å². The zero-order chi connectivity index (χ0) is 4.99. The highest BCUT2D eigenvalue weighted by Gasteiger charge is 1.87. The number of carboxylic acid groups (broad SMARTS) is 1. The van der Waals surface area contributed by atoms with Crippen LogP contribution in [0, 0.1) is 11.3 Å². The summed E-state index contributed by atoms with van der Waals surface area (Å²) in [4.78, 5) is 9.38. The van der Waals surface area contributed by atoms with Crippen LogP contribution in [-0.4, -0.2) is 28.4 Å². The van der Waals surface area contributed by atoms with Gasteiger partial charge in [-0.05, 0) is 0 Å². The molecule has 7 heavy (non-hydrogen) atoms. The van der Waals surface area contributed by atoms with E-state index >= 15 is 0 Å². The summed E-state index contributed by atoms with van der Waals surface area (Å²) in [5.41, 5.74) is 0. The molecule has 0 aliphatic carbocycles. The van der Waals surface area contributed by atoms with Crippen molar-refractivity contribution < 1.29 is 9.90 Å². The molecule has 0 unspecified atom stereocenters. The van der Waals surface area contributed by atoms with Gasteiger partial charge in [-0.15, -0.1) is 0 Å². The normalized spacial score (nSPS) is 5.57. The van der Waals surface area contributed by atoms with Gasteiger partial charge in [0, 0.05) is 0 Å². The minimum Gasteiger partial charge on any atom is -0.480 e. The van der Waals surface area contributed by atoms with Crippen molar-refractivity contribution >= 4 is 23.3 Å². The maximum atomic E-state index is 9.38.